The lowest BCUT2D eigenvalue weighted by molar-refractivity contribution is -0.138. The number of hydrogen-bond donors (Lipinski definition) is 0. The predicted octanol–water partition coefficient (Wildman–Crippen LogP) is 4.17. The van der Waals surface area contributed by atoms with Crippen molar-refractivity contribution in [2.75, 3.05) is 13.2 Å². The van der Waals surface area contributed by atoms with Crippen LogP contribution in [0.25, 0.3) is 5.69 Å². The Morgan fingerprint density at radius 3 is 2.32 bits per heavy atom. The molecule has 13 heteroatoms. The first kappa shape index (κ1) is 25.1. The molecule has 0 saturated carbocycles. The minimum atomic E-state index is -4.73. The second-order valence-electron chi connectivity index (χ2n) is 7.21. The van der Waals surface area contributed by atoms with Crippen LogP contribution in [0.3, 0.4) is 0 Å². The van der Waals surface area contributed by atoms with Gasteiger partial charge in [0.1, 0.15) is 17.2 Å². The molecule has 182 valence electrons. The highest BCUT2D eigenvalue weighted by Gasteiger charge is 2.32. The molecule has 0 spiro atoms. The van der Waals surface area contributed by atoms with Crippen molar-refractivity contribution in [3.63, 3.8) is 0 Å². The first-order chi connectivity index (χ1) is 16.0. The van der Waals surface area contributed by atoms with E-state index in [2.05, 4.69) is 15.2 Å². The molecule has 1 amide bonds. The summed E-state index contributed by atoms with van der Waals surface area (Å²) < 4.78 is 85.0. The van der Waals surface area contributed by atoms with E-state index >= 15 is 0 Å². The summed E-state index contributed by atoms with van der Waals surface area (Å²) in [5.41, 5.74) is -1.82. The second kappa shape index (κ2) is 10.2. The fourth-order valence-corrected chi connectivity index (χ4v) is 3.17. The minimum Gasteiger partial charge on any atom is -0.373 e. The van der Waals surface area contributed by atoms with E-state index in [1.54, 1.807) is 13.8 Å². The van der Waals surface area contributed by atoms with Gasteiger partial charge in [0, 0.05) is 18.8 Å². The molecule has 7 nitrogen and oxygen atoms in total. The number of aromatic nitrogens is 4. The number of halogens is 6. The second-order valence-corrected chi connectivity index (χ2v) is 7.21. The molecular weight excluding hydrogens is 468 g/mol. The third kappa shape index (κ3) is 5.53. The number of alkyl halides is 3. The normalized spacial score (nSPS) is 12.6. The molecule has 0 fully saturated rings. The number of nitrogens with zero attached hydrogens (tertiary/aromatic N) is 5. The maximum atomic E-state index is 13.9. The van der Waals surface area contributed by atoms with Crippen molar-refractivity contribution in [1.29, 1.82) is 0 Å². The van der Waals surface area contributed by atoms with E-state index in [0.29, 0.717) is 12.3 Å². The summed E-state index contributed by atoms with van der Waals surface area (Å²) in [7, 11) is 0. The van der Waals surface area contributed by atoms with Crippen LogP contribution in [0.15, 0.2) is 36.8 Å². The Labute approximate surface area is 190 Å². The number of carbonyl (C=O) groups excluding carboxylic acids is 1. The van der Waals surface area contributed by atoms with Crippen LogP contribution in [0.5, 0.6) is 0 Å². The van der Waals surface area contributed by atoms with Crippen LogP contribution in [-0.2, 0) is 17.5 Å². The summed E-state index contributed by atoms with van der Waals surface area (Å²) in [6, 6.07) is 1.25. The number of pyridine rings is 1. The van der Waals surface area contributed by atoms with Crippen LogP contribution in [0.1, 0.15) is 35.5 Å². The van der Waals surface area contributed by atoms with E-state index < -0.39 is 47.7 Å². The lowest BCUT2D eigenvalue weighted by Gasteiger charge is -2.28. The van der Waals surface area contributed by atoms with Crippen molar-refractivity contribution in [2.45, 2.75) is 32.7 Å². The monoisotopic (exact) mass is 487 g/mol. The number of benzene rings is 1. The van der Waals surface area contributed by atoms with Gasteiger partial charge in [0.05, 0.1) is 42.8 Å². The van der Waals surface area contributed by atoms with Gasteiger partial charge in [-0.15, -0.1) is 0 Å². The van der Waals surface area contributed by atoms with E-state index in [-0.39, 0.29) is 30.1 Å². The molecule has 0 aliphatic heterocycles. The summed E-state index contributed by atoms with van der Waals surface area (Å²) in [5, 5.41) is 7.70. The third-order valence-corrected chi connectivity index (χ3v) is 4.88. The Morgan fingerprint density at radius 2 is 1.74 bits per heavy atom. The summed E-state index contributed by atoms with van der Waals surface area (Å²) in [6.07, 6.45) is -1.62. The van der Waals surface area contributed by atoms with Crippen LogP contribution in [0.2, 0.25) is 0 Å². The molecule has 2 aromatic heterocycles. The van der Waals surface area contributed by atoms with E-state index in [4.69, 9.17) is 4.74 Å². The van der Waals surface area contributed by atoms with Crippen LogP contribution in [0, 0.1) is 17.5 Å². The van der Waals surface area contributed by atoms with Crippen LogP contribution in [-0.4, -0.2) is 50.0 Å². The summed E-state index contributed by atoms with van der Waals surface area (Å²) in [4.78, 5) is 18.9. The zero-order valence-corrected chi connectivity index (χ0v) is 18.0. The molecule has 3 aromatic rings. The Bertz CT molecular complexity index is 1150. The highest BCUT2D eigenvalue weighted by atomic mass is 19.4. The van der Waals surface area contributed by atoms with E-state index in [9.17, 15) is 31.1 Å². The SMILES string of the molecule is CCN(C(=O)c1cc(F)c(F)cc1-n1nccn1)C(C)COCc1ncc(C(F)(F)F)cc1F. The van der Waals surface area contributed by atoms with E-state index in [0.717, 1.165) is 16.9 Å². The molecule has 0 aliphatic rings. The van der Waals surface area contributed by atoms with Crippen molar-refractivity contribution in [3.8, 4) is 5.69 Å². The van der Waals surface area contributed by atoms with Gasteiger partial charge in [-0.2, -0.15) is 28.2 Å². The van der Waals surface area contributed by atoms with Gasteiger partial charge in [-0.05, 0) is 26.0 Å². The van der Waals surface area contributed by atoms with Crippen molar-refractivity contribution in [3.05, 3.63) is 71.1 Å². The number of hydrogen-bond acceptors (Lipinski definition) is 5. The lowest BCUT2D eigenvalue weighted by Crippen LogP contribution is -2.41. The first-order valence-corrected chi connectivity index (χ1v) is 9.99. The van der Waals surface area contributed by atoms with E-state index in [1.807, 2.05) is 0 Å². The van der Waals surface area contributed by atoms with Gasteiger partial charge < -0.3 is 9.64 Å². The van der Waals surface area contributed by atoms with Crippen molar-refractivity contribution < 1.29 is 35.9 Å². The molecule has 0 saturated heterocycles. The molecule has 0 bridgehead atoms. The van der Waals surface area contributed by atoms with Crippen LogP contribution >= 0.6 is 0 Å². The van der Waals surface area contributed by atoms with Crippen LogP contribution < -0.4 is 0 Å². The molecule has 1 unspecified atom stereocenters. The number of rotatable bonds is 8. The van der Waals surface area contributed by atoms with Gasteiger partial charge in [0.25, 0.3) is 5.91 Å². The molecular formula is C21H19F6N5O2. The maximum absolute atomic E-state index is 13.9. The number of carbonyl (C=O) groups is 1. The van der Waals surface area contributed by atoms with Gasteiger partial charge in [0.15, 0.2) is 11.6 Å². The molecule has 0 N–H and O–H groups in total. The molecule has 1 aromatic carbocycles. The summed E-state index contributed by atoms with van der Waals surface area (Å²) in [6.45, 7) is 2.83. The Kier molecular flexibility index (Phi) is 7.54. The van der Waals surface area contributed by atoms with Gasteiger partial charge in [0.2, 0.25) is 0 Å². The maximum Gasteiger partial charge on any atom is 0.417 e. The molecule has 3 rings (SSSR count). The lowest BCUT2D eigenvalue weighted by atomic mass is 10.1. The highest BCUT2D eigenvalue weighted by Crippen LogP contribution is 2.29. The smallest absolute Gasteiger partial charge is 0.373 e. The number of likely N-dealkylation sites (N-methyl/N-ethyl adjacent to an activating group) is 1. The average Bonchev–Trinajstić information content (AvgIpc) is 3.31. The molecule has 2 heterocycles. The first-order valence-electron chi connectivity index (χ1n) is 9.99. The van der Waals surface area contributed by atoms with E-state index in [1.165, 1.54) is 17.3 Å². The number of ether oxygens (including phenoxy) is 1. The zero-order chi connectivity index (χ0) is 25.0. The fourth-order valence-electron chi connectivity index (χ4n) is 3.17. The Hall–Kier alpha value is -3.48. The van der Waals surface area contributed by atoms with Gasteiger partial charge >= 0.3 is 6.18 Å². The van der Waals surface area contributed by atoms with Crippen LogP contribution in [0.4, 0.5) is 26.3 Å². The topological polar surface area (TPSA) is 73.1 Å². The van der Waals surface area contributed by atoms with Gasteiger partial charge in [-0.25, -0.2) is 13.2 Å². The molecule has 34 heavy (non-hydrogen) atoms. The average molecular weight is 487 g/mol. The largest absolute Gasteiger partial charge is 0.417 e. The summed E-state index contributed by atoms with van der Waals surface area (Å²) in [5.74, 6) is -4.26. The minimum absolute atomic E-state index is 0.0727. The zero-order valence-electron chi connectivity index (χ0n) is 18.0. The van der Waals surface area contributed by atoms with Crippen molar-refractivity contribution in [1.82, 2.24) is 24.9 Å². The Balaban J connectivity index is 1.72. The fraction of sp³-hybridized carbons (Fsp3) is 0.333. The van der Waals surface area contributed by atoms with Crippen molar-refractivity contribution >= 4 is 5.91 Å². The molecule has 0 radical (unpaired) electrons. The standard InChI is InChI=1S/C21H19F6N5O2/c1-3-31(12(2)10-34-11-18-17(24)6-13(9-28-18)21(25,26)27)20(33)14-7-15(22)16(23)8-19(14)32-29-4-5-30-32/h4-9,12H,3,10-11H2,1-2H3. The predicted molar refractivity (Wildman–Crippen MR) is 106 cm³/mol. The van der Waals surface area contributed by atoms with Gasteiger partial charge in [-0.1, -0.05) is 0 Å². The Morgan fingerprint density at radius 1 is 1.09 bits per heavy atom. The molecule has 1 atom stereocenters. The van der Waals surface area contributed by atoms with Crippen molar-refractivity contribution in [2.24, 2.45) is 0 Å². The summed E-state index contributed by atoms with van der Waals surface area (Å²) >= 11 is 0. The third-order valence-electron chi connectivity index (χ3n) is 4.88. The van der Waals surface area contributed by atoms with Gasteiger partial charge in [-0.3, -0.25) is 9.78 Å². The highest BCUT2D eigenvalue weighted by molar-refractivity contribution is 5.98. The number of amides is 1. The molecule has 0 aliphatic carbocycles. The quantitative estimate of drug-likeness (QED) is 0.446.